The number of para-hydroxylation sites is 2. The highest BCUT2D eigenvalue weighted by Gasteiger charge is 2.23. The summed E-state index contributed by atoms with van der Waals surface area (Å²) >= 11 is 0. The fourth-order valence-corrected chi connectivity index (χ4v) is 3.89. The molecule has 30 heavy (non-hydrogen) atoms. The van der Waals surface area contributed by atoms with Crippen molar-refractivity contribution in [2.75, 3.05) is 50.8 Å². The van der Waals surface area contributed by atoms with E-state index in [0.29, 0.717) is 25.4 Å². The fourth-order valence-electron chi connectivity index (χ4n) is 3.89. The predicted molar refractivity (Wildman–Crippen MR) is 120 cm³/mol. The molecule has 0 atom stereocenters. The molecule has 0 spiro atoms. The van der Waals surface area contributed by atoms with Crippen LogP contribution in [0.25, 0.3) is 0 Å². The zero-order chi connectivity index (χ0) is 21.5. The van der Waals surface area contributed by atoms with E-state index in [1.807, 2.05) is 18.2 Å². The van der Waals surface area contributed by atoms with Gasteiger partial charge in [-0.05, 0) is 62.1 Å². The number of carbonyl (C=O) groups is 1. The molecule has 0 aromatic heterocycles. The molecule has 0 aliphatic carbocycles. The third kappa shape index (κ3) is 5.89. The van der Waals surface area contributed by atoms with Gasteiger partial charge < -0.3 is 25.0 Å². The van der Waals surface area contributed by atoms with E-state index >= 15 is 0 Å². The summed E-state index contributed by atoms with van der Waals surface area (Å²) in [6, 6.07) is 11.7. The van der Waals surface area contributed by atoms with Crippen LogP contribution in [-0.2, 0) is 4.79 Å². The lowest BCUT2D eigenvalue weighted by atomic mass is 10.1. The number of piperazine rings is 1. The molecule has 1 aliphatic rings. The van der Waals surface area contributed by atoms with E-state index in [0.717, 1.165) is 44.0 Å². The molecule has 3 rings (SSSR count). The van der Waals surface area contributed by atoms with E-state index in [-0.39, 0.29) is 5.91 Å². The van der Waals surface area contributed by atoms with Crippen molar-refractivity contribution in [1.29, 1.82) is 0 Å². The van der Waals surface area contributed by atoms with Gasteiger partial charge in [0, 0.05) is 6.54 Å². The summed E-state index contributed by atoms with van der Waals surface area (Å²) in [6.07, 6.45) is 0.786. The topological polar surface area (TPSA) is 66.2 Å². The highest BCUT2D eigenvalue weighted by molar-refractivity contribution is 5.76. The van der Waals surface area contributed by atoms with Crippen LogP contribution >= 0.6 is 0 Å². The number of hydrogen-bond acceptors (Lipinski definition) is 4. The van der Waals surface area contributed by atoms with Crippen LogP contribution in [0, 0.1) is 20.8 Å². The van der Waals surface area contributed by atoms with Crippen molar-refractivity contribution in [3.05, 3.63) is 53.1 Å². The molecule has 0 unspecified atom stereocenters. The molecular formula is C24H34N3O3+. The average molecular weight is 413 g/mol. The molecule has 162 valence electrons. The summed E-state index contributed by atoms with van der Waals surface area (Å²) in [4.78, 5) is 15.7. The van der Waals surface area contributed by atoms with Crippen LogP contribution in [0.5, 0.6) is 11.5 Å². The van der Waals surface area contributed by atoms with E-state index < -0.39 is 0 Å². The molecule has 1 aliphatic heterocycles. The van der Waals surface area contributed by atoms with E-state index in [1.165, 1.54) is 21.6 Å². The molecule has 0 saturated carbocycles. The van der Waals surface area contributed by atoms with Crippen molar-refractivity contribution >= 4 is 11.6 Å². The molecule has 3 N–H and O–H groups in total. The van der Waals surface area contributed by atoms with Gasteiger partial charge in [-0.2, -0.15) is 0 Å². The quantitative estimate of drug-likeness (QED) is 0.577. The molecule has 2 aromatic carbocycles. The fraction of sp³-hybridized carbons (Fsp3) is 0.458. The Bertz CT molecular complexity index is 861. The molecule has 2 aromatic rings. The Morgan fingerprint density at radius 3 is 2.63 bits per heavy atom. The van der Waals surface area contributed by atoms with Gasteiger partial charge in [-0.1, -0.05) is 18.2 Å². The van der Waals surface area contributed by atoms with Crippen LogP contribution in [0.4, 0.5) is 5.69 Å². The number of phenols is 1. The smallest absolute Gasteiger partial charge is 0.275 e. The number of phenolic OH excluding ortho intramolecular Hbond substituents is 1. The number of hydrogen-bond donors (Lipinski definition) is 3. The van der Waals surface area contributed by atoms with Crippen molar-refractivity contribution in [3.63, 3.8) is 0 Å². The number of amides is 1. The molecule has 6 nitrogen and oxygen atoms in total. The number of nitrogens with zero attached hydrogens (tertiary/aromatic N) is 1. The number of rotatable bonds is 8. The number of benzene rings is 2. The summed E-state index contributed by atoms with van der Waals surface area (Å²) in [5, 5.41) is 13.0. The molecule has 1 saturated heterocycles. The lowest BCUT2D eigenvalue weighted by Gasteiger charge is -2.33. The Hall–Kier alpha value is -2.73. The van der Waals surface area contributed by atoms with Crippen LogP contribution in [0.15, 0.2) is 36.4 Å². The highest BCUT2D eigenvalue weighted by Crippen LogP contribution is 2.26. The maximum atomic E-state index is 12.3. The minimum atomic E-state index is 0.0867. The first kappa shape index (κ1) is 22.0. The van der Waals surface area contributed by atoms with E-state index in [2.05, 4.69) is 43.1 Å². The third-order valence-electron chi connectivity index (χ3n) is 5.77. The van der Waals surface area contributed by atoms with Gasteiger partial charge in [0.05, 0.1) is 38.5 Å². The monoisotopic (exact) mass is 412 g/mol. The second kappa shape index (κ2) is 10.3. The van der Waals surface area contributed by atoms with E-state index in [1.54, 1.807) is 6.07 Å². The Morgan fingerprint density at radius 2 is 1.90 bits per heavy atom. The van der Waals surface area contributed by atoms with Gasteiger partial charge >= 0.3 is 0 Å². The zero-order valence-corrected chi connectivity index (χ0v) is 18.3. The number of quaternary nitrogens is 1. The summed E-state index contributed by atoms with van der Waals surface area (Å²) in [6.45, 7) is 11.4. The van der Waals surface area contributed by atoms with Crippen LogP contribution in [-0.4, -0.2) is 56.9 Å². The van der Waals surface area contributed by atoms with Crippen molar-refractivity contribution in [2.45, 2.75) is 27.2 Å². The first-order valence-electron chi connectivity index (χ1n) is 10.8. The summed E-state index contributed by atoms with van der Waals surface area (Å²) in [5.41, 5.74) is 4.49. The van der Waals surface area contributed by atoms with E-state index in [9.17, 15) is 9.90 Å². The standard InChI is InChI=1S/C24H33N3O3/c1-18-15-19(2)20(3)23(16-18)30-14-6-9-25-24(29)17-26-10-12-27(13-11-26)21-7-4-5-8-22(21)28/h4-5,7-8,15-16,28H,6,9-14,17H2,1-3H3,(H,25,29)/p+1. The third-order valence-corrected chi connectivity index (χ3v) is 5.77. The summed E-state index contributed by atoms with van der Waals surface area (Å²) in [7, 11) is 0. The Kier molecular flexibility index (Phi) is 7.57. The van der Waals surface area contributed by atoms with Crippen molar-refractivity contribution < 1.29 is 19.5 Å². The SMILES string of the molecule is Cc1cc(C)c(C)c(OCCCNC(=O)C[NH+]2CCN(c3ccccc3O)CC2)c1. The lowest BCUT2D eigenvalue weighted by Crippen LogP contribution is -3.15. The number of anilines is 1. The number of carbonyl (C=O) groups excluding carboxylic acids is 1. The first-order chi connectivity index (χ1) is 14.4. The Balaban J connectivity index is 1.33. The van der Waals surface area contributed by atoms with Gasteiger partial charge in [0.1, 0.15) is 11.5 Å². The molecule has 1 heterocycles. The van der Waals surface area contributed by atoms with Crippen molar-refractivity contribution in [3.8, 4) is 11.5 Å². The molecule has 1 fully saturated rings. The molecule has 0 radical (unpaired) electrons. The lowest BCUT2D eigenvalue weighted by molar-refractivity contribution is -0.892. The minimum Gasteiger partial charge on any atom is -0.506 e. The van der Waals surface area contributed by atoms with Gasteiger partial charge in [-0.15, -0.1) is 0 Å². The average Bonchev–Trinajstić information content (AvgIpc) is 2.72. The number of ether oxygens (including phenoxy) is 1. The molecule has 6 heteroatoms. The maximum absolute atomic E-state index is 12.3. The van der Waals surface area contributed by atoms with Crippen LogP contribution in [0.3, 0.4) is 0 Å². The van der Waals surface area contributed by atoms with Crippen LogP contribution < -0.4 is 19.9 Å². The summed E-state index contributed by atoms with van der Waals surface area (Å²) < 4.78 is 5.91. The highest BCUT2D eigenvalue weighted by atomic mass is 16.5. The first-order valence-corrected chi connectivity index (χ1v) is 10.8. The zero-order valence-electron chi connectivity index (χ0n) is 18.3. The normalized spacial score (nSPS) is 14.6. The second-order valence-electron chi connectivity index (χ2n) is 8.16. The Labute approximate surface area is 179 Å². The number of aryl methyl sites for hydroxylation is 2. The Morgan fingerprint density at radius 1 is 1.17 bits per heavy atom. The van der Waals surface area contributed by atoms with Gasteiger partial charge in [0.2, 0.25) is 0 Å². The van der Waals surface area contributed by atoms with Crippen molar-refractivity contribution in [2.24, 2.45) is 0 Å². The van der Waals surface area contributed by atoms with Crippen LogP contribution in [0.2, 0.25) is 0 Å². The van der Waals surface area contributed by atoms with Crippen molar-refractivity contribution in [1.82, 2.24) is 5.32 Å². The van der Waals surface area contributed by atoms with Gasteiger partial charge in [-0.3, -0.25) is 4.79 Å². The number of aromatic hydroxyl groups is 1. The predicted octanol–water partition coefficient (Wildman–Crippen LogP) is 1.61. The molecule has 0 bridgehead atoms. The molecular weight excluding hydrogens is 378 g/mol. The maximum Gasteiger partial charge on any atom is 0.275 e. The minimum absolute atomic E-state index is 0.0867. The summed E-state index contributed by atoms with van der Waals surface area (Å²) in [5.74, 6) is 1.34. The van der Waals surface area contributed by atoms with E-state index in [4.69, 9.17) is 4.74 Å². The van der Waals surface area contributed by atoms with Crippen LogP contribution in [0.1, 0.15) is 23.1 Å². The largest absolute Gasteiger partial charge is 0.506 e. The second-order valence-corrected chi connectivity index (χ2v) is 8.16. The molecule has 1 amide bonds. The van der Waals surface area contributed by atoms with Gasteiger partial charge in [0.15, 0.2) is 6.54 Å². The van der Waals surface area contributed by atoms with Gasteiger partial charge in [0.25, 0.3) is 5.91 Å². The van der Waals surface area contributed by atoms with Gasteiger partial charge in [-0.25, -0.2) is 0 Å². The number of nitrogens with one attached hydrogen (secondary N) is 2.